The van der Waals surface area contributed by atoms with E-state index in [4.69, 9.17) is 9.47 Å². The van der Waals surface area contributed by atoms with Gasteiger partial charge in [0.25, 0.3) is 0 Å². The summed E-state index contributed by atoms with van der Waals surface area (Å²) in [5.74, 6) is -0.349. The van der Waals surface area contributed by atoms with Crippen molar-refractivity contribution in [2.45, 2.75) is 6.61 Å². The van der Waals surface area contributed by atoms with Gasteiger partial charge in [-0.1, -0.05) is 0 Å². The molecule has 7 heteroatoms. The number of rotatable bonds is 5. The molecule has 0 aliphatic carbocycles. The highest BCUT2D eigenvalue weighted by Gasteiger charge is 2.08. The summed E-state index contributed by atoms with van der Waals surface area (Å²) in [6, 6.07) is 4.42. The Labute approximate surface area is 114 Å². The summed E-state index contributed by atoms with van der Waals surface area (Å²) < 4.78 is 36.5. The maximum absolute atomic E-state index is 13.1. The van der Waals surface area contributed by atoms with Gasteiger partial charge in [-0.15, -0.1) is 0 Å². The zero-order valence-corrected chi connectivity index (χ0v) is 11.0. The number of halogens is 2. The molecule has 0 amide bonds. The van der Waals surface area contributed by atoms with Gasteiger partial charge in [0.1, 0.15) is 29.8 Å². The van der Waals surface area contributed by atoms with Crippen LogP contribution in [0.5, 0.6) is 11.6 Å². The fourth-order valence-electron chi connectivity index (χ4n) is 1.55. The molecular formula is C13H13F2N3O2. The highest BCUT2D eigenvalue weighted by Crippen LogP contribution is 2.23. The molecule has 0 bridgehead atoms. The Morgan fingerprint density at radius 2 is 1.80 bits per heavy atom. The van der Waals surface area contributed by atoms with E-state index >= 15 is 0 Å². The van der Waals surface area contributed by atoms with Crippen LogP contribution in [0.2, 0.25) is 0 Å². The van der Waals surface area contributed by atoms with E-state index in [1.807, 2.05) is 0 Å². The Morgan fingerprint density at radius 3 is 2.40 bits per heavy atom. The highest BCUT2D eigenvalue weighted by molar-refractivity contribution is 5.39. The summed E-state index contributed by atoms with van der Waals surface area (Å²) in [7, 11) is 3.20. The lowest BCUT2D eigenvalue weighted by molar-refractivity contribution is 0.177. The SMILES string of the molecule is CNc1cc(Oc2cc(F)cc(F)c2)nc(COC)n1. The molecule has 0 spiro atoms. The van der Waals surface area contributed by atoms with Crippen LogP contribution >= 0.6 is 0 Å². The van der Waals surface area contributed by atoms with Crippen LogP contribution in [-0.4, -0.2) is 24.1 Å². The van der Waals surface area contributed by atoms with Crippen LogP contribution in [0.15, 0.2) is 24.3 Å². The van der Waals surface area contributed by atoms with Crippen molar-refractivity contribution in [2.24, 2.45) is 0 Å². The molecule has 1 heterocycles. The lowest BCUT2D eigenvalue weighted by Crippen LogP contribution is -2.03. The molecule has 0 atom stereocenters. The third-order valence-corrected chi connectivity index (χ3v) is 2.34. The van der Waals surface area contributed by atoms with E-state index in [-0.39, 0.29) is 18.2 Å². The Kier molecular flexibility index (Phi) is 4.41. The monoisotopic (exact) mass is 281 g/mol. The maximum Gasteiger partial charge on any atom is 0.224 e. The van der Waals surface area contributed by atoms with Crippen molar-refractivity contribution in [1.82, 2.24) is 9.97 Å². The van der Waals surface area contributed by atoms with E-state index in [0.29, 0.717) is 11.6 Å². The molecule has 0 aliphatic heterocycles. The van der Waals surface area contributed by atoms with Gasteiger partial charge in [0.05, 0.1) is 0 Å². The molecule has 2 aromatic rings. The highest BCUT2D eigenvalue weighted by atomic mass is 19.1. The molecule has 1 aromatic heterocycles. The van der Waals surface area contributed by atoms with Gasteiger partial charge >= 0.3 is 0 Å². The Hall–Kier alpha value is -2.28. The minimum Gasteiger partial charge on any atom is -0.439 e. The summed E-state index contributed by atoms with van der Waals surface area (Å²) in [5.41, 5.74) is 0. The first kappa shape index (κ1) is 14.1. The Morgan fingerprint density at radius 1 is 1.10 bits per heavy atom. The van der Waals surface area contributed by atoms with Gasteiger partial charge in [0.2, 0.25) is 5.88 Å². The zero-order valence-electron chi connectivity index (χ0n) is 11.0. The third-order valence-electron chi connectivity index (χ3n) is 2.34. The lowest BCUT2D eigenvalue weighted by atomic mass is 10.3. The number of aromatic nitrogens is 2. The number of nitrogens with zero attached hydrogens (tertiary/aromatic N) is 2. The average molecular weight is 281 g/mol. The molecule has 106 valence electrons. The first-order valence-electron chi connectivity index (χ1n) is 5.79. The third kappa shape index (κ3) is 3.61. The maximum atomic E-state index is 13.1. The van der Waals surface area contributed by atoms with Crippen molar-refractivity contribution in [3.8, 4) is 11.6 Å². The van der Waals surface area contributed by atoms with Gasteiger partial charge in [-0.2, -0.15) is 4.98 Å². The molecule has 1 N–H and O–H groups in total. The van der Waals surface area contributed by atoms with Crippen molar-refractivity contribution in [2.75, 3.05) is 19.5 Å². The van der Waals surface area contributed by atoms with Crippen LogP contribution in [-0.2, 0) is 11.3 Å². The Bertz CT molecular complexity index is 588. The summed E-state index contributed by atoms with van der Waals surface area (Å²) in [5, 5.41) is 2.84. The quantitative estimate of drug-likeness (QED) is 0.913. The number of benzene rings is 1. The average Bonchev–Trinajstić information content (AvgIpc) is 2.37. The predicted molar refractivity (Wildman–Crippen MR) is 68.7 cm³/mol. The van der Waals surface area contributed by atoms with E-state index in [1.165, 1.54) is 13.2 Å². The number of anilines is 1. The number of methoxy groups -OCH3 is 1. The van der Waals surface area contributed by atoms with Gasteiger partial charge in [0.15, 0.2) is 5.82 Å². The van der Waals surface area contributed by atoms with Gasteiger partial charge in [-0.25, -0.2) is 13.8 Å². The summed E-state index contributed by atoms with van der Waals surface area (Å²) in [4.78, 5) is 8.23. The molecule has 2 rings (SSSR count). The van der Waals surface area contributed by atoms with Crippen molar-refractivity contribution in [3.05, 3.63) is 41.7 Å². The molecule has 0 radical (unpaired) electrons. The molecule has 0 fully saturated rings. The molecule has 5 nitrogen and oxygen atoms in total. The normalized spacial score (nSPS) is 10.4. The second kappa shape index (κ2) is 6.25. The molecule has 0 unspecified atom stereocenters. The van der Waals surface area contributed by atoms with Crippen LogP contribution in [0, 0.1) is 11.6 Å². The van der Waals surface area contributed by atoms with E-state index < -0.39 is 11.6 Å². The van der Waals surface area contributed by atoms with Gasteiger partial charge in [-0.05, 0) is 0 Å². The smallest absolute Gasteiger partial charge is 0.224 e. The topological polar surface area (TPSA) is 56.3 Å². The van der Waals surface area contributed by atoms with Crippen LogP contribution in [0.4, 0.5) is 14.6 Å². The van der Waals surface area contributed by atoms with Gasteiger partial charge in [0, 0.05) is 38.4 Å². The first-order valence-corrected chi connectivity index (χ1v) is 5.79. The van der Waals surface area contributed by atoms with Crippen molar-refractivity contribution in [1.29, 1.82) is 0 Å². The fourth-order valence-corrected chi connectivity index (χ4v) is 1.55. The largest absolute Gasteiger partial charge is 0.439 e. The van der Waals surface area contributed by atoms with Crippen molar-refractivity contribution >= 4 is 5.82 Å². The van der Waals surface area contributed by atoms with E-state index in [2.05, 4.69) is 15.3 Å². The minimum absolute atomic E-state index is 0.0200. The first-order chi connectivity index (χ1) is 9.60. The molecular weight excluding hydrogens is 268 g/mol. The summed E-state index contributed by atoms with van der Waals surface area (Å²) in [6.07, 6.45) is 0. The summed E-state index contributed by atoms with van der Waals surface area (Å²) >= 11 is 0. The van der Waals surface area contributed by atoms with E-state index in [0.717, 1.165) is 18.2 Å². The van der Waals surface area contributed by atoms with Gasteiger partial charge < -0.3 is 14.8 Å². The second-order valence-corrected chi connectivity index (χ2v) is 3.90. The minimum atomic E-state index is -0.722. The number of ether oxygens (including phenoxy) is 2. The van der Waals surface area contributed by atoms with Crippen molar-refractivity contribution < 1.29 is 18.3 Å². The standard InChI is InChI=1S/C13H13F2N3O2/c1-16-11-6-13(18-12(17-11)7-19-2)20-10-4-8(14)3-9(15)5-10/h3-6H,7H2,1-2H3,(H,16,17,18). The van der Waals surface area contributed by atoms with E-state index in [1.54, 1.807) is 7.05 Å². The molecule has 0 aliphatic rings. The predicted octanol–water partition coefficient (Wildman–Crippen LogP) is 2.74. The van der Waals surface area contributed by atoms with Crippen LogP contribution in [0.1, 0.15) is 5.82 Å². The van der Waals surface area contributed by atoms with Crippen molar-refractivity contribution in [3.63, 3.8) is 0 Å². The molecule has 20 heavy (non-hydrogen) atoms. The van der Waals surface area contributed by atoms with Crippen LogP contribution < -0.4 is 10.1 Å². The zero-order chi connectivity index (χ0) is 14.5. The number of hydrogen-bond donors (Lipinski definition) is 1. The molecule has 0 saturated carbocycles. The van der Waals surface area contributed by atoms with Gasteiger partial charge in [-0.3, -0.25) is 0 Å². The number of hydrogen-bond acceptors (Lipinski definition) is 5. The van der Waals surface area contributed by atoms with Crippen LogP contribution in [0.3, 0.4) is 0 Å². The fraction of sp³-hybridized carbons (Fsp3) is 0.231. The van der Waals surface area contributed by atoms with Crippen LogP contribution in [0.25, 0.3) is 0 Å². The summed E-state index contributed by atoms with van der Waals surface area (Å²) in [6.45, 7) is 0.198. The molecule has 1 aromatic carbocycles. The lowest BCUT2D eigenvalue weighted by Gasteiger charge is -2.09. The second-order valence-electron chi connectivity index (χ2n) is 3.90. The molecule has 0 saturated heterocycles. The Balaban J connectivity index is 2.29. The number of nitrogens with one attached hydrogen (secondary N) is 1. The van der Waals surface area contributed by atoms with E-state index in [9.17, 15) is 8.78 Å².